The molecule has 3 aliphatic heterocycles. The number of carbonyl (C=O) groups excluding carboxylic acids is 2. The van der Waals surface area contributed by atoms with Gasteiger partial charge in [0.05, 0.1) is 28.2 Å². The second-order valence-electron chi connectivity index (χ2n) is 6.25. The van der Waals surface area contributed by atoms with Crippen LogP contribution in [-0.2, 0) is 4.74 Å². The van der Waals surface area contributed by atoms with Gasteiger partial charge in [0, 0.05) is 12.1 Å². The molecule has 2 bridgehead atoms. The summed E-state index contributed by atoms with van der Waals surface area (Å²) in [5.41, 5.74) is 1.44. The van der Waals surface area contributed by atoms with Gasteiger partial charge >= 0.3 is 12.2 Å². The van der Waals surface area contributed by atoms with E-state index in [9.17, 15) is 24.8 Å². The number of ether oxygens (including phenoxy) is 1. The Morgan fingerprint density at radius 2 is 1.81 bits per heavy atom. The number of esters is 1. The summed E-state index contributed by atoms with van der Waals surface area (Å²) in [5, 5.41) is 22.8. The molecule has 1 fully saturated rings. The monoisotopic (exact) mass is 370 g/mol. The minimum Gasteiger partial charge on any atom is -0.392 e. The molecule has 0 saturated carbocycles. The number of ketones is 1. The fourth-order valence-electron chi connectivity index (χ4n) is 2.91. The van der Waals surface area contributed by atoms with Crippen LogP contribution in [0.2, 0.25) is 0 Å². The maximum atomic E-state index is 11.8. The van der Waals surface area contributed by atoms with Crippen molar-refractivity contribution in [2.75, 3.05) is 6.54 Å². The number of aliphatic hydroxyl groups is 1. The molecular weight excluding hydrogens is 352 g/mol. The average Bonchev–Trinajstić information content (AvgIpc) is 2.98. The van der Waals surface area contributed by atoms with E-state index in [1.807, 2.05) is 18.2 Å². The predicted octanol–water partition coefficient (Wildman–Crippen LogP) is 1.72. The summed E-state index contributed by atoms with van der Waals surface area (Å²) in [5.74, 6) is -0.580. The van der Waals surface area contributed by atoms with E-state index in [2.05, 4.69) is 10.1 Å². The summed E-state index contributed by atoms with van der Waals surface area (Å²) in [6.07, 6.45) is -1.22. The lowest BCUT2D eigenvalue weighted by atomic mass is 10.0. The molecular formula is C19H18N2O6. The molecule has 3 aliphatic rings. The van der Waals surface area contributed by atoms with Crippen LogP contribution in [0.5, 0.6) is 0 Å². The van der Waals surface area contributed by atoms with Gasteiger partial charge in [-0.3, -0.25) is 14.9 Å². The highest BCUT2D eigenvalue weighted by atomic mass is 16.7. The summed E-state index contributed by atoms with van der Waals surface area (Å²) in [4.78, 5) is 32.8. The summed E-state index contributed by atoms with van der Waals surface area (Å²) in [6.45, 7) is 0.517. The molecule has 2 N–H and O–H groups in total. The molecule has 3 unspecified atom stereocenters. The van der Waals surface area contributed by atoms with E-state index >= 15 is 0 Å². The Kier molecular flexibility index (Phi) is 5.58. The highest BCUT2D eigenvalue weighted by molar-refractivity contribution is 6.00. The quantitative estimate of drug-likeness (QED) is 0.365. The Bertz CT molecular complexity index is 837. The molecule has 3 atom stereocenters. The van der Waals surface area contributed by atoms with Crippen LogP contribution in [0.15, 0.2) is 54.6 Å². The molecule has 0 radical (unpaired) electrons. The number of nitrogens with zero attached hydrogens (tertiary/aromatic N) is 1. The largest absolute Gasteiger partial charge is 0.392 e. The molecule has 0 aliphatic carbocycles. The smallest absolute Gasteiger partial charge is 0.383 e. The van der Waals surface area contributed by atoms with Crippen molar-refractivity contribution < 1.29 is 24.4 Å². The first-order valence-electron chi connectivity index (χ1n) is 8.41. The minimum absolute atomic E-state index is 0.0714. The van der Waals surface area contributed by atoms with Crippen LogP contribution in [-0.4, -0.2) is 40.5 Å². The van der Waals surface area contributed by atoms with Crippen molar-refractivity contribution in [3.8, 4) is 0 Å². The highest BCUT2D eigenvalue weighted by Gasteiger charge is 2.31. The van der Waals surface area contributed by atoms with Crippen LogP contribution < -0.4 is 5.32 Å². The van der Waals surface area contributed by atoms with E-state index < -0.39 is 17.1 Å². The zero-order valence-corrected chi connectivity index (χ0v) is 14.3. The lowest BCUT2D eigenvalue weighted by Crippen LogP contribution is -2.30. The Morgan fingerprint density at radius 3 is 2.37 bits per heavy atom. The van der Waals surface area contributed by atoms with Crippen molar-refractivity contribution in [2.45, 2.75) is 24.8 Å². The molecule has 2 aromatic carbocycles. The first-order valence-corrected chi connectivity index (χ1v) is 8.41. The Hall–Kier alpha value is -3.10. The second kappa shape index (κ2) is 8.07. The zero-order valence-electron chi connectivity index (χ0n) is 14.3. The number of aliphatic hydroxyl groups excluding tert-OH is 1. The van der Waals surface area contributed by atoms with Gasteiger partial charge < -0.3 is 15.2 Å². The topological polar surface area (TPSA) is 119 Å². The molecule has 8 heteroatoms. The molecule has 1 saturated heterocycles. The number of nitrogens with one attached hydrogen (secondary N) is 1. The van der Waals surface area contributed by atoms with Crippen LogP contribution in [0.4, 0.5) is 0 Å². The van der Waals surface area contributed by atoms with Crippen LogP contribution in [0, 0.1) is 10.1 Å². The third-order valence-electron chi connectivity index (χ3n) is 4.32. The maximum Gasteiger partial charge on any atom is 0.383 e. The third kappa shape index (κ3) is 4.36. The number of β-amino-alcohol motifs (C(OH)–C–C–N with tert-alkyl or cyclic N) is 1. The predicted molar refractivity (Wildman–Crippen MR) is 94.8 cm³/mol. The fourth-order valence-corrected chi connectivity index (χ4v) is 2.91. The third-order valence-corrected chi connectivity index (χ3v) is 4.32. The maximum absolute atomic E-state index is 11.8. The molecule has 5 rings (SSSR count). The number of rotatable bonds is 3. The van der Waals surface area contributed by atoms with E-state index in [0.29, 0.717) is 29.7 Å². The molecule has 3 heterocycles. The number of benzene rings is 2. The van der Waals surface area contributed by atoms with Gasteiger partial charge in [-0.25, -0.2) is 4.79 Å². The van der Waals surface area contributed by atoms with Crippen LogP contribution in [0.3, 0.4) is 0 Å². The van der Waals surface area contributed by atoms with Crippen LogP contribution in [0.1, 0.15) is 38.9 Å². The van der Waals surface area contributed by atoms with Gasteiger partial charge in [-0.05, 0) is 30.7 Å². The first kappa shape index (κ1) is 18.7. The Labute approximate surface area is 154 Å². The Morgan fingerprint density at radius 1 is 1.15 bits per heavy atom. The summed E-state index contributed by atoms with van der Waals surface area (Å²) < 4.78 is 4.62. The zero-order chi connectivity index (χ0) is 19.4. The van der Waals surface area contributed by atoms with Crippen molar-refractivity contribution >= 4 is 11.8 Å². The van der Waals surface area contributed by atoms with Crippen LogP contribution in [0.25, 0.3) is 0 Å². The molecule has 27 heavy (non-hydrogen) atoms. The summed E-state index contributed by atoms with van der Waals surface area (Å²) in [7, 11) is 0. The van der Waals surface area contributed by atoms with Gasteiger partial charge in [0.1, 0.15) is 0 Å². The SMILES string of the molecule is O=C(c1ccccc1)C1CC(O)CN1.O=C1OC([N+](=O)[O-])c2ccc1cc2. The molecule has 140 valence electrons. The normalized spacial score (nSPS) is 23.0. The average molecular weight is 370 g/mol. The van der Waals surface area contributed by atoms with Crippen molar-refractivity contribution in [1.82, 2.24) is 5.32 Å². The fraction of sp³-hybridized carbons (Fsp3) is 0.263. The minimum atomic E-state index is -1.36. The number of carbonyl (C=O) groups is 2. The van der Waals surface area contributed by atoms with Crippen molar-refractivity contribution in [3.63, 3.8) is 0 Å². The van der Waals surface area contributed by atoms with E-state index in [0.717, 1.165) is 0 Å². The number of Topliss-reactive ketones (excluding diaryl/α,β-unsaturated/α-hetero) is 1. The lowest BCUT2D eigenvalue weighted by Gasteiger charge is -2.07. The van der Waals surface area contributed by atoms with E-state index in [1.165, 1.54) is 24.3 Å². The first-order chi connectivity index (χ1) is 13.0. The van der Waals surface area contributed by atoms with Gasteiger partial charge in [0.15, 0.2) is 5.78 Å². The van der Waals surface area contributed by atoms with Crippen molar-refractivity contribution in [2.24, 2.45) is 0 Å². The number of hydrogen-bond acceptors (Lipinski definition) is 7. The van der Waals surface area contributed by atoms with Crippen molar-refractivity contribution in [3.05, 3.63) is 81.4 Å². The lowest BCUT2D eigenvalue weighted by molar-refractivity contribution is -0.574. The molecule has 0 amide bonds. The van der Waals surface area contributed by atoms with E-state index in [-0.39, 0.29) is 17.9 Å². The standard InChI is InChI=1S/C11H13NO2.C8H5NO4/c13-9-6-10(12-7-9)11(14)8-4-2-1-3-5-8;10-8-6-3-1-5(2-4-6)7(13-8)9(11)12/h1-5,9-10,12-13H,6-7H2;1-4,7H. The molecule has 8 nitrogen and oxygen atoms in total. The molecule has 0 aromatic heterocycles. The number of nitro groups is 1. The molecule has 0 spiro atoms. The van der Waals surface area contributed by atoms with Crippen molar-refractivity contribution in [1.29, 1.82) is 0 Å². The van der Waals surface area contributed by atoms with E-state index in [4.69, 9.17) is 0 Å². The van der Waals surface area contributed by atoms with Gasteiger partial charge in [0.2, 0.25) is 0 Å². The van der Waals surface area contributed by atoms with Gasteiger partial charge in [-0.2, -0.15) is 0 Å². The van der Waals surface area contributed by atoms with Gasteiger partial charge in [-0.1, -0.05) is 30.3 Å². The summed E-state index contributed by atoms with van der Waals surface area (Å²) >= 11 is 0. The number of fused-ring (bicyclic) bond motifs is 4. The summed E-state index contributed by atoms with van der Waals surface area (Å²) in [6, 6.07) is 15.0. The Balaban J connectivity index is 0.000000156. The highest BCUT2D eigenvalue weighted by Crippen LogP contribution is 2.24. The molecule has 2 aromatic rings. The van der Waals surface area contributed by atoms with Crippen LogP contribution >= 0.6 is 0 Å². The number of hydrogen-bond donors (Lipinski definition) is 2. The van der Waals surface area contributed by atoms with Gasteiger partial charge in [0.25, 0.3) is 0 Å². The van der Waals surface area contributed by atoms with E-state index in [1.54, 1.807) is 12.1 Å². The van der Waals surface area contributed by atoms with Gasteiger partial charge in [-0.15, -0.1) is 0 Å². The second-order valence-corrected chi connectivity index (χ2v) is 6.25.